The van der Waals surface area contributed by atoms with Gasteiger partial charge in [0.1, 0.15) is 0 Å². The van der Waals surface area contributed by atoms with Gasteiger partial charge in [0.2, 0.25) is 0 Å². The Balaban J connectivity index is 2.66. The van der Waals surface area contributed by atoms with Gasteiger partial charge < -0.3 is 4.74 Å². The van der Waals surface area contributed by atoms with Crippen LogP contribution in [0.1, 0.15) is 39.5 Å². The molecule has 1 rings (SSSR count). The summed E-state index contributed by atoms with van der Waals surface area (Å²) >= 11 is 3.30. The van der Waals surface area contributed by atoms with Crippen molar-refractivity contribution in [2.45, 2.75) is 57.4 Å². The topological polar surface area (TPSA) is 9.23 Å². The Morgan fingerprint density at radius 2 is 2.12 bits per heavy atom. The van der Waals surface area contributed by atoms with E-state index in [0.717, 1.165) is 19.8 Å². The van der Waals surface area contributed by atoms with Crippen molar-refractivity contribution in [3.63, 3.8) is 0 Å². The maximum Gasteiger partial charge on any atom is 0.414 e. The Labute approximate surface area is 103 Å². The van der Waals surface area contributed by atoms with Crippen molar-refractivity contribution in [3.05, 3.63) is 0 Å². The monoisotopic (exact) mass is 302 g/mol. The van der Waals surface area contributed by atoms with Crippen LogP contribution in [0.25, 0.3) is 0 Å². The molecule has 0 radical (unpaired) electrons. The third kappa shape index (κ3) is 3.62. The van der Waals surface area contributed by atoms with Gasteiger partial charge in [0.05, 0.1) is 5.60 Å². The van der Waals surface area contributed by atoms with Gasteiger partial charge in [-0.2, -0.15) is 13.2 Å². The van der Waals surface area contributed by atoms with E-state index in [-0.39, 0.29) is 0 Å². The first kappa shape index (κ1) is 14.3. The van der Waals surface area contributed by atoms with Crippen LogP contribution in [-0.4, -0.2) is 23.2 Å². The number of hydrogen-bond acceptors (Lipinski definition) is 1. The van der Waals surface area contributed by atoms with Crippen LogP contribution in [0.5, 0.6) is 0 Å². The lowest BCUT2D eigenvalue weighted by Gasteiger charge is -2.40. The van der Waals surface area contributed by atoms with E-state index in [1.165, 1.54) is 0 Å². The van der Waals surface area contributed by atoms with E-state index in [1.807, 2.05) is 0 Å². The number of halogens is 4. The smallest absolute Gasteiger partial charge is 0.362 e. The number of alkyl halides is 4. The van der Waals surface area contributed by atoms with Crippen molar-refractivity contribution < 1.29 is 17.9 Å². The Bertz CT molecular complexity index is 232. The van der Waals surface area contributed by atoms with Crippen LogP contribution in [0, 0.1) is 5.92 Å². The molecule has 16 heavy (non-hydrogen) atoms. The summed E-state index contributed by atoms with van der Waals surface area (Å²) in [7, 11) is 0. The van der Waals surface area contributed by atoms with Crippen LogP contribution < -0.4 is 0 Å². The van der Waals surface area contributed by atoms with E-state index >= 15 is 0 Å². The minimum Gasteiger partial charge on any atom is -0.362 e. The molecule has 0 amide bonds. The molecule has 3 unspecified atom stereocenters. The molecule has 0 bridgehead atoms. The fraction of sp³-hybridized carbons (Fsp3) is 1.00. The second-order valence-electron chi connectivity index (χ2n) is 4.82. The van der Waals surface area contributed by atoms with Crippen LogP contribution in [0.4, 0.5) is 13.2 Å². The van der Waals surface area contributed by atoms with Crippen molar-refractivity contribution in [2.24, 2.45) is 5.92 Å². The highest BCUT2D eigenvalue weighted by Gasteiger charge is 2.44. The summed E-state index contributed by atoms with van der Waals surface area (Å²) in [4.78, 5) is 0. The Morgan fingerprint density at radius 3 is 2.56 bits per heavy atom. The standard InChI is InChI=1S/C11H18BrF3O/c1-8-4-3-5-10(6-8,7-12)16-9(2)11(13,14)15/h8-9H,3-7H2,1-2H3. The zero-order chi connectivity index (χ0) is 12.4. The molecule has 0 saturated heterocycles. The van der Waals surface area contributed by atoms with Crippen LogP contribution in [0.15, 0.2) is 0 Å². The molecule has 0 aromatic heterocycles. The van der Waals surface area contributed by atoms with Gasteiger partial charge in [0.15, 0.2) is 6.10 Å². The molecule has 0 aliphatic heterocycles. The molecular weight excluding hydrogens is 285 g/mol. The third-order valence-corrected chi connectivity index (χ3v) is 4.20. The SMILES string of the molecule is CC1CCCC(CBr)(OC(C)C(F)(F)F)C1. The lowest BCUT2D eigenvalue weighted by Crippen LogP contribution is -2.45. The molecule has 0 aromatic rings. The summed E-state index contributed by atoms with van der Waals surface area (Å²) in [6, 6.07) is 0. The first-order chi connectivity index (χ1) is 7.29. The van der Waals surface area contributed by atoms with Crippen molar-refractivity contribution in [1.82, 2.24) is 0 Å². The summed E-state index contributed by atoms with van der Waals surface area (Å²) in [6.45, 7) is 3.15. The van der Waals surface area contributed by atoms with Crippen molar-refractivity contribution in [2.75, 3.05) is 5.33 Å². The minimum atomic E-state index is -4.27. The van der Waals surface area contributed by atoms with Crippen LogP contribution in [-0.2, 0) is 4.74 Å². The normalized spacial score (nSPS) is 33.8. The van der Waals surface area contributed by atoms with Crippen LogP contribution >= 0.6 is 15.9 Å². The molecule has 1 aliphatic rings. The van der Waals surface area contributed by atoms with Gasteiger partial charge >= 0.3 is 6.18 Å². The fourth-order valence-corrected chi connectivity index (χ4v) is 2.96. The Kier molecular flexibility index (Phi) is 4.69. The molecule has 96 valence electrons. The number of ether oxygens (including phenoxy) is 1. The van der Waals surface area contributed by atoms with Gasteiger partial charge in [-0.15, -0.1) is 0 Å². The molecule has 1 fully saturated rings. The lowest BCUT2D eigenvalue weighted by atomic mass is 9.80. The van der Waals surface area contributed by atoms with Crippen molar-refractivity contribution in [1.29, 1.82) is 0 Å². The van der Waals surface area contributed by atoms with Gasteiger partial charge in [-0.05, 0) is 25.7 Å². The van der Waals surface area contributed by atoms with Gasteiger partial charge in [-0.1, -0.05) is 35.7 Å². The van der Waals surface area contributed by atoms with Crippen molar-refractivity contribution >= 4 is 15.9 Å². The maximum absolute atomic E-state index is 12.5. The predicted molar refractivity (Wildman–Crippen MR) is 60.8 cm³/mol. The summed E-state index contributed by atoms with van der Waals surface area (Å²) in [5.74, 6) is 0.437. The fourth-order valence-electron chi connectivity index (χ4n) is 2.31. The van der Waals surface area contributed by atoms with Crippen LogP contribution in [0.3, 0.4) is 0 Å². The van der Waals surface area contributed by atoms with E-state index < -0.39 is 17.9 Å². The molecular formula is C11H18BrF3O. The van der Waals surface area contributed by atoms with E-state index in [9.17, 15) is 13.2 Å². The quantitative estimate of drug-likeness (QED) is 0.706. The number of rotatable bonds is 3. The molecule has 0 N–H and O–H groups in total. The second kappa shape index (κ2) is 5.25. The highest BCUT2D eigenvalue weighted by molar-refractivity contribution is 9.09. The molecule has 1 aliphatic carbocycles. The van der Waals surface area contributed by atoms with Gasteiger partial charge in [0.25, 0.3) is 0 Å². The second-order valence-corrected chi connectivity index (χ2v) is 5.38. The van der Waals surface area contributed by atoms with Crippen LogP contribution in [0.2, 0.25) is 0 Å². The van der Waals surface area contributed by atoms with Crippen molar-refractivity contribution in [3.8, 4) is 0 Å². The van der Waals surface area contributed by atoms with E-state index in [2.05, 4.69) is 22.9 Å². The average Bonchev–Trinajstić information content (AvgIpc) is 2.16. The van der Waals surface area contributed by atoms with E-state index in [4.69, 9.17) is 4.74 Å². The van der Waals surface area contributed by atoms with Gasteiger partial charge in [0, 0.05) is 5.33 Å². The molecule has 0 aromatic carbocycles. The van der Waals surface area contributed by atoms with Gasteiger partial charge in [-0.25, -0.2) is 0 Å². The van der Waals surface area contributed by atoms with Gasteiger partial charge in [-0.3, -0.25) is 0 Å². The maximum atomic E-state index is 12.5. The average molecular weight is 303 g/mol. The largest absolute Gasteiger partial charge is 0.414 e. The van der Waals surface area contributed by atoms with E-state index in [1.54, 1.807) is 0 Å². The summed E-state index contributed by atoms with van der Waals surface area (Å²) < 4.78 is 42.7. The van der Waals surface area contributed by atoms with E-state index in [0.29, 0.717) is 24.1 Å². The first-order valence-electron chi connectivity index (χ1n) is 5.59. The Morgan fingerprint density at radius 1 is 1.50 bits per heavy atom. The predicted octanol–water partition coefficient (Wildman–Crippen LogP) is 4.30. The molecule has 1 nitrogen and oxygen atoms in total. The lowest BCUT2D eigenvalue weighted by molar-refractivity contribution is -0.249. The third-order valence-electron chi connectivity index (χ3n) is 3.18. The molecule has 0 heterocycles. The zero-order valence-electron chi connectivity index (χ0n) is 9.61. The Hall–Kier alpha value is 0.230. The molecule has 0 spiro atoms. The summed E-state index contributed by atoms with van der Waals surface area (Å²) in [5.41, 5.74) is -0.632. The highest BCUT2D eigenvalue weighted by atomic mass is 79.9. The summed E-state index contributed by atoms with van der Waals surface area (Å²) in [6.07, 6.45) is -2.51. The highest BCUT2D eigenvalue weighted by Crippen LogP contribution is 2.39. The molecule has 3 atom stereocenters. The minimum absolute atomic E-state index is 0.437. The number of hydrogen-bond donors (Lipinski definition) is 0. The summed E-state index contributed by atoms with van der Waals surface area (Å²) in [5, 5.41) is 0.477. The zero-order valence-corrected chi connectivity index (χ0v) is 11.2. The molecule has 5 heteroatoms. The molecule has 1 saturated carbocycles. The first-order valence-corrected chi connectivity index (χ1v) is 6.72.